The first-order valence-electron chi connectivity index (χ1n) is 6.13. The summed E-state index contributed by atoms with van der Waals surface area (Å²) in [6, 6.07) is 11.0. The summed E-state index contributed by atoms with van der Waals surface area (Å²) in [4.78, 5) is 11.8. The van der Waals surface area contributed by atoms with Crippen molar-refractivity contribution < 1.29 is 18.0 Å². The highest BCUT2D eigenvalue weighted by Gasteiger charge is 2.30. The number of alkyl halides is 3. The number of hydrogen-bond acceptors (Lipinski definition) is 2. The van der Waals surface area contributed by atoms with Crippen LogP contribution in [0.3, 0.4) is 0 Å². The van der Waals surface area contributed by atoms with Gasteiger partial charge in [-0.3, -0.25) is 4.79 Å². The molecule has 0 spiro atoms. The Hall–Kier alpha value is -2.34. The van der Waals surface area contributed by atoms with Gasteiger partial charge in [0.15, 0.2) is 0 Å². The first-order valence-corrected chi connectivity index (χ1v) is 6.51. The molecule has 0 aliphatic carbocycles. The van der Waals surface area contributed by atoms with Gasteiger partial charge >= 0.3 is 6.18 Å². The second-order valence-corrected chi connectivity index (χ2v) is 4.71. The van der Waals surface area contributed by atoms with Gasteiger partial charge in [-0.05, 0) is 29.8 Å². The van der Waals surface area contributed by atoms with Crippen LogP contribution in [0.25, 0.3) is 0 Å². The smallest absolute Gasteiger partial charge is 0.267 e. The van der Waals surface area contributed by atoms with Crippen LogP contribution in [0.2, 0.25) is 5.02 Å². The molecule has 0 radical (unpaired) electrons. The van der Waals surface area contributed by atoms with Crippen LogP contribution in [0, 0.1) is 0 Å². The van der Waals surface area contributed by atoms with Crippen LogP contribution in [-0.2, 0) is 6.18 Å². The lowest BCUT2D eigenvalue weighted by Crippen LogP contribution is -2.18. The molecule has 0 aromatic heterocycles. The molecule has 0 bridgehead atoms. The van der Waals surface area contributed by atoms with Crippen molar-refractivity contribution in [2.45, 2.75) is 6.18 Å². The summed E-state index contributed by atoms with van der Waals surface area (Å²) in [5, 5.41) is 3.89. The van der Waals surface area contributed by atoms with Crippen LogP contribution < -0.4 is 5.43 Å². The summed E-state index contributed by atoms with van der Waals surface area (Å²) in [5.74, 6) is -0.547. The standard InChI is InChI=1S/C15H10ClF3N2O/c16-13-7-2-1-6-12(13)14(22)21-20-9-10-4-3-5-11(8-10)15(17,18)19/h1-9H,(H,21,22)/b20-9+. The van der Waals surface area contributed by atoms with E-state index in [0.717, 1.165) is 18.3 Å². The van der Waals surface area contributed by atoms with E-state index in [1.165, 1.54) is 18.2 Å². The molecule has 0 saturated heterocycles. The molecule has 2 rings (SSSR count). The van der Waals surface area contributed by atoms with Crippen molar-refractivity contribution in [2.75, 3.05) is 0 Å². The largest absolute Gasteiger partial charge is 0.416 e. The van der Waals surface area contributed by atoms with E-state index < -0.39 is 17.6 Å². The van der Waals surface area contributed by atoms with E-state index in [0.29, 0.717) is 0 Å². The third-order valence-electron chi connectivity index (χ3n) is 2.71. The highest BCUT2D eigenvalue weighted by molar-refractivity contribution is 6.33. The maximum atomic E-state index is 12.6. The number of halogens is 4. The number of nitrogens with one attached hydrogen (secondary N) is 1. The zero-order chi connectivity index (χ0) is 16.2. The lowest BCUT2D eigenvalue weighted by atomic mass is 10.1. The molecular formula is C15H10ClF3N2O. The minimum atomic E-state index is -4.43. The summed E-state index contributed by atoms with van der Waals surface area (Å²) in [6.45, 7) is 0. The van der Waals surface area contributed by atoms with E-state index in [-0.39, 0.29) is 16.1 Å². The van der Waals surface area contributed by atoms with Crippen LogP contribution in [-0.4, -0.2) is 12.1 Å². The Bertz CT molecular complexity index is 714. The molecule has 0 aliphatic heterocycles. The Morgan fingerprint density at radius 3 is 2.55 bits per heavy atom. The van der Waals surface area contributed by atoms with Gasteiger partial charge in [-0.25, -0.2) is 5.43 Å². The number of rotatable bonds is 3. The molecule has 22 heavy (non-hydrogen) atoms. The Morgan fingerprint density at radius 2 is 1.86 bits per heavy atom. The molecular weight excluding hydrogens is 317 g/mol. The predicted molar refractivity (Wildman–Crippen MR) is 78.0 cm³/mol. The summed E-state index contributed by atoms with van der Waals surface area (Å²) in [6.07, 6.45) is -3.30. The van der Waals surface area contributed by atoms with Crippen molar-refractivity contribution >= 4 is 23.7 Å². The lowest BCUT2D eigenvalue weighted by Gasteiger charge is -2.06. The van der Waals surface area contributed by atoms with Crippen molar-refractivity contribution in [3.8, 4) is 0 Å². The van der Waals surface area contributed by atoms with Crippen molar-refractivity contribution in [3.63, 3.8) is 0 Å². The number of carbonyl (C=O) groups is 1. The van der Waals surface area contributed by atoms with Crippen LogP contribution >= 0.6 is 11.6 Å². The second-order valence-electron chi connectivity index (χ2n) is 4.30. The molecule has 0 heterocycles. The zero-order valence-electron chi connectivity index (χ0n) is 11.1. The Morgan fingerprint density at radius 1 is 1.14 bits per heavy atom. The van der Waals surface area contributed by atoms with Gasteiger partial charge in [0.25, 0.3) is 5.91 Å². The number of amides is 1. The van der Waals surface area contributed by atoms with Crippen LogP contribution in [0.5, 0.6) is 0 Å². The van der Waals surface area contributed by atoms with Gasteiger partial charge in [-0.1, -0.05) is 35.9 Å². The van der Waals surface area contributed by atoms with Crippen molar-refractivity contribution in [1.29, 1.82) is 0 Å². The molecule has 1 N–H and O–H groups in total. The van der Waals surface area contributed by atoms with Crippen LogP contribution in [0.4, 0.5) is 13.2 Å². The highest BCUT2D eigenvalue weighted by Crippen LogP contribution is 2.29. The summed E-state index contributed by atoms with van der Waals surface area (Å²) >= 11 is 5.85. The molecule has 0 atom stereocenters. The second kappa shape index (κ2) is 6.62. The quantitative estimate of drug-likeness (QED) is 0.669. The number of hydrazone groups is 1. The molecule has 0 aliphatic rings. The molecule has 114 valence electrons. The molecule has 0 unspecified atom stereocenters. The van der Waals surface area contributed by atoms with E-state index in [1.807, 2.05) is 0 Å². The highest BCUT2D eigenvalue weighted by atomic mass is 35.5. The number of benzene rings is 2. The predicted octanol–water partition coefficient (Wildman–Crippen LogP) is 4.12. The topological polar surface area (TPSA) is 41.5 Å². The fraction of sp³-hybridized carbons (Fsp3) is 0.0667. The fourth-order valence-electron chi connectivity index (χ4n) is 1.67. The molecule has 7 heteroatoms. The molecule has 2 aromatic rings. The molecule has 1 amide bonds. The van der Waals surface area contributed by atoms with E-state index in [2.05, 4.69) is 10.5 Å². The van der Waals surface area contributed by atoms with Crippen molar-refractivity contribution in [2.24, 2.45) is 5.10 Å². The van der Waals surface area contributed by atoms with Crippen molar-refractivity contribution in [1.82, 2.24) is 5.43 Å². The van der Waals surface area contributed by atoms with Crippen LogP contribution in [0.15, 0.2) is 53.6 Å². The molecule has 2 aromatic carbocycles. The van der Waals surface area contributed by atoms with Gasteiger partial charge in [0, 0.05) is 0 Å². The van der Waals surface area contributed by atoms with Gasteiger partial charge < -0.3 is 0 Å². The lowest BCUT2D eigenvalue weighted by molar-refractivity contribution is -0.137. The maximum absolute atomic E-state index is 12.6. The number of nitrogens with zero attached hydrogens (tertiary/aromatic N) is 1. The minimum Gasteiger partial charge on any atom is -0.267 e. The minimum absolute atomic E-state index is 0.217. The van der Waals surface area contributed by atoms with Crippen LogP contribution in [0.1, 0.15) is 21.5 Å². The Balaban J connectivity index is 2.07. The van der Waals surface area contributed by atoms with E-state index in [9.17, 15) is 18.0 Å². The first kappa shape index (κ1) is 16.0. The fourth-order valence-corrected chi connectivity index (χ4v) is 1.89. The van der Waals surface area contributed by atoms with Gasteiger partial charge in [0.1, 0.15) is 0 Å². The normalized spacial score (nSPS) is 11.6. The van der Waals surface area contributed by atoms with E-state index in [1.54, 1.807) is 18.2 Å². The molecule has 0 fully saturated rings. The summed E-state index contributed by atoms with van der Waals surface area (Å²) in [7, 11) is 0. The number of carbonyl (C=O) groups excluding carboxylic acids is 1. The summed E-state index contributed by atoms with van der Waals surface area (Å²) in [5.41, 5.74) is 1.87. The van der Waals surface area contributed by atoms with Gasteiger partial charge in [0.05, 0.1) is 22.4 Å². The Labute approximate surface area is 129 Å². The zero-order valence-corrected chi connectivity index (χ0v) is 11.8. The van der Waals surface area contributed by atoms with Gasteiger partial charge in [-0.2, -0.15) is 18.3 Å². The summed E-state index contributed by atoms with van der Waals surface area (Å²) < 4.78 is 37.7. The number of hydrogen-bond donors (Lipinski definition) is 1. The van der Waals surface area contributed by atoms with E-state index in [4.69, 9.17) is 11.6 Å². The molecule has 0 saturated carbocycles. The van der Waals surface area contributed by atoms with Gasteiger partial charge in [0.2, 0.25) is 0 Å². The third-order valence-corrected chi connectivity index (χ3v) is 3.04. The van der Waals surface area contributed by atoms with E-state index >= 15 is 0 Å². The average molecular weight is 327 g/mol. The van der Waals surface area contributed by atoms with Gasteiger partial charge in [-0.15, -0.1) is 0 Å². The molecule has 3 nitrogen and oxygen atoms in total. The SMILES string of the molecule is O=C(N/N=C/c1cccc(C(F)(F)F)c1)c1ccccc1Cl. The maximum Gasteiger partial charge on any atom is 0.416 e. The average Bonchev–Trinajstić information content (AvgIpc) is 2.47. The monoisotopic (exact) mass is 326 g/mol. The Kier molecular flexibility index (Phi) is 4.82. The third kappa shape index (κ3) is 4.08. The van der Waals surface area contributed by atoms with Crippen molar-refractivity contribution in [3.05, 3.63) is 70.2 Å². The first-order chi connectivity index (χ1) is 10.4.